The first-order valence-electron chi connectivity index (χ1n) is 11.6. The summed E-state index contributed by atoms with van der Waals surface area (Å²) in [5.74, 6) is -0.280. The molecule has 2 bridgehead atoms. The number of carbonyl (C=O) groups excluding carboxylic acids is 1. The highest BCUT2D eigenvalue weighted by Crippen LogP contribution is 2.64. The van der Waals surface area contributed by atoms with E-state index < -0.39 is 21.3 Å². The zero-order valence-corrected chi connectivity index (χ0v) is 22.2. The van der Waals surface area contributed by atoms with Gasteiger partial charge in [0.05, 0.1) is 26.8 Å². The molecule has 0 heterocycles. The minimum absolute atomic E-state index is 0.0248. The molecule has 2 saturated carbocycles. The van der Waals surface area contributed by atoms with Crippen molar-refractivity contribution in [2.24, 2.45) is 16.7 Å². The Balaban J connectivity index is 0.000000172. The van der Waals surface area contributed by atoms with Crippen molar-refractivity contribution >= 4 is 38.4 Å². The smallest absolute Gasteiger partial charge is 0.166 e. The Kier molecular flexibility index (Phi) is 7.49. The van der Waals surface area contributed by atoms with Crippen molar-refractivity contribution in [2.75, 3.05) is 5.75 Å². The molecule has 3 aromatic carbocycles. The standard InChI is InChI=1S/C18H14ClS.C10H16O4S/c19-15-11-13-18(14-12-15)20(16-7-3-1-4-8-16)17-9-5-2-6-10-17;1-9(2)7-3-4-10(9,8(11)5-7)6-15(12,13)14/h1-14H;7H,3-6H2,1-2H3,(H,12,13,14)/q+1;/p-1. The van der Waals surface area contributed by atoms with Gasteiger partial charge in [0.15, 0.2) is 14.7 Å². The zero-order chi connectivity index (χ0) is 25.3. The van der Waals surface area contributed by atoms with Crippen LogP contribution in [-0.2, 0) is 25.8 Å². The summed E-state index contributed by atoms with van der Waals surface area (Å²) in [6, 6.07) is 29.4. The van der Waals surface area contributed by atoms with E-state index >= 15 is 0 Å². The summed E-state index contributed by atoms with van der Waals surface area (Å²) in [5, 5.41) is 0.776. The van der Waals surface area contributed by atoms with E-state index in [-0.39, 0.29) is 28.0 Å². The second kappa shape index (κ2) is 10.1. The van der Waals surface area contributed by atoms with Crippen molar-refractivity contribution < 1.29 is 17.8 Å². The van der Waals surface area contributed by atoms with Gasteiger partial charge in [-0.1, -0.05) is 61.8 Å². The molecule has 2 atom stereocenters. The predicted molar refractivity (Wildman–Crippen MR) is 140 cm³/mol. The predicted octanol–water partition coefficient (Wildman–Crippen LogP) is 6.36. The summed E-state index contributed by atoms with van der Waals surface area (Å²) in [6.45, 7) is 3.83. The van der Waals surface area contributed by atoms with Gasteiger partial charge < -0.3 is 4.55 Å². The quantitative estimate of drug-likeness (QED) is 0.285. The van der Waals surface area contributed by atoms with Gasteiger partial charge in [-0.15, -0.1) is 0 Å². The molecule has 3 aromatic rings. The highest BCUT2D eigenvalue weighted by Gasteiger charge is 2.64. The van der Waals surface area contributed by atoms with Crippen LogP contribution in [-0.4, -0.2) is 24.5 Å². The summed E-state index contributed by atoms with van der Waals surface area (Å²) in [4.78, 5) is 15.8. The fourth-order valence-electron chi connectivity index (χ4n) is 5.50. The third kappa shape index (κ3) is 5.36. The van der Waals surface area contributed by atoms with Crippen LogP contribution >= 0.6 is 11.6 Å². The molecule has 2 aliphatic rings. The number of carbonyl (C=O) groups is 1. The molecular weight excluding hydrogens is 500 g/mol. The normalized spacial score (nSPS) is 22.7. The van der Waals surface area contributed by atoms with Gasteiger partial charge >= 0.3 is 0 Å². The summed E-state index contributed by atoms with van der Waals surface area (Å²) in [7, 11) is -4.41. The number of hydrogen-bond acceptors (Lipinski definition) is 4. The van der Waals surface area contributed by atoms with Gasteiger partial charge in [0.1, 0.15) is 5.78 Å². The van der Waals surface area contributed by atoms with Crippen molar-refractivity contribution in [3.05, 3.63) is 90.0 Å². The van der Waals surface area contributed by atoms with Crippen LogP contribution in [0.25, 0.3) is 0 Å². The van der Waals surface area contributed by atoms with Crippen LogP contribution in [0.1, 0.15) is 33.1 Å². The summed E-state index contributed by atoms with van der Waals surface area (Å²) < 4.78 is 32.7. The Labute approximate surface area is 215 Å². The summed E-state index contributed by atoms with van der Waals surface area (Å²) in [6.07, 6.45) is 1.88. The Bertz CT molecular complexity index is 1240. The average molecular weight is 529 g/mol. The van der Waals surface area contributed by atoms with Gasteiger partial charge in [-0.2, -0.15) is 0 Å². The van der Waals surface area contributed by atoms with Crippen LogP contribution in [0.15, 0.2) is 99.6 Å². The fourth-order valence-corrected chi connectivity index (χ4v) is 8.99. The van der Waals surface area contributed by atoms with E-state index in [1.807, 2.05) is 26.0 Å². The number of halogens is 1. The van der Waals surface area contributed by atoms with E-state index in [9.17, 15) is 17.8 Å². The number of rotatable bonds is 5. The van der Waals surface area contributed by atoms with Crippen molar-refractivity contribution in [2.45, 2.75) is 47.8 Å². The van der Waals surface area contributed by atoms with Crippen LogP contribution in [0.4, 0.5) is 0 Å². The van der Waals surface area contributed by atoms with Crippen molar-refractivity contribution in [3.63, 3.8) is 0 Å². The van der Waals surface area contributed by atoms with Crippen LogP contribution in [0, 0.1) is 16.7 Å². The monoisotopic (exact) mass is 528 g/mol. The van der Waals surface area contributed by atoms with Gasteiger partial charge in [-0.3, -0.25) is 4.79 Å². The summed E-state index contributed by atoms with van der Waals surface area (Å²) in [5.41, 5.74) is -1.22. The molecule has 0 saturated heterocycles. The third-order valence-corrected chi connectivity index (χ3v) is 10.9. The van der Waals surface area contributed by atoms with Crippen molar-refractivity contribution in [1.82, 2.24) is 0 Å². The molecule has 2 unspecified atom stereocenters. The zero-order valence-electron chi connectivity index (χ0n) is 19.8. The van der Waals surface area contributed by atoms with E-state index in [0.29, 0.717) is 12.8 Å². The second-order valence-corrected chi connectivity index (χ2v) is 13.6. The maximum absolute atomic E-state index is 11.8. The largest absolute Gasteiger partial charge is 0.748 e. The lowest BCUT2D eigenvalue weighted by atomic mass is 9.70. The maximum atomic E-state index is 11.8. The molecule has 5 rings (SSSR count). The molecule has 0 aliphatic heterocycles. The fraction of sp³-hybridized carbons (Fsp3) is 0.321. The molecule has 7 heteroatoms. The third-order valence-electron chi connectivity index (χ3n) is 7.57. The van der Waals surface area contributed by atoms with E-state index in [1.165, 1.54) is 14.7 Å². The lowest BCUT2D eigenvalue weighted by Crippen LogP contribution is -2.42. The summed E-state index contributed by atoms with van der Waals surface area (Å²) >= 11 is 6.01. The molecule has 4 nitrogen and oxygen atoms in total. The Morgan fingerprint density at radius 1 is 0.886 bits per heavy atom. The topological polar surface area (TPSA) is 74.3 Å². The molecule has 0 spiro atoms. The van der Waals surface area contributed by atoms with Gasteiger partial charge in [-0.25, -0.2) is 8.42 Å². The Morgan fingerprint density at radius 3 is 1.77 bits per heavy atom. The second-order valence-electron chi connectivity index (χ2n) is 9.75. The maximum Gasteiger partial charge on any atom is 0.166 e. The molecule has 0 amide bonds. The first-order valence-corrected chi connectivity index (χ1v) is 14.8. The highest BCUT2D eigenvalue weighted by molar-refractivity contribution is 7.97. The SMILES string of the molecule is CC1(C)C2CCC1(CS(=O)(=O)[O-])C(=O)C2.Clc1ccc([S+](c2ccccc2)c2ccccc2)cc1. The number of fused-ring (bicyclic) bond motifs is 2. The van der Waals surface area contributed by atoms with Gasteiger partial charge in [0, 0.05) is 16.9 Å². The molecule has 0 radical (unpaired) electrons. The first-order chi connectivity index (χ1) is 16.5. The van der Waals surface area contributed by atoms with E-state index in [2.05, 4.69) is 72.8 Å². The molecule has 35 heavy (non-hydrogen) atoms. The molecule has 2 aliphatic carbocycles. The minimum Gasteiger partial charge on any atom is -0.748 e. The van der Waals surface area contributed by atoms with Gasteiger partial charge in [0.2, 0.25) is 0 Å². The van der Waals surface area contributed by atoms with Crippen molar-refractivity contribution in [3.8, 4) is 0 Å². The molecular formula is C28H29ClO4S2. The minimum atomic E-state index is -4.33. The van der Waals surface area contributed by atoms with Crippen LogP contribution < -0.4 is 0 Å². The first kappa shape index (κ1) is 26.0. The lowest BCUT2D eigenvalue weighted by Gasteiger charge is -2.37. The van der Waals surface area contributed by atoms with Crippen LogP contribution in [0.5, 0.6) is 0 Å². The Hall–Kier alpha value is -2.12. The highest BCUT2D eigenvalue weighted by atomic mass is 35.5. The lowest BCUT2D eigenvalue weighted by molar-refractivity contribution is -0.128. The molecule has 0 aromatic heterocycles. The number of Topliss-reactive ketones (excluding diaryl/α,β-unsaturated/α-hetero) is 1. The van der Waals surface area contributed by atoms with Crippen LogP contribution in [0.2, 0.25) is 5.02 Å². The molecule has 184 valence electrons. The van der Waals surface area contributed by atoms with Gasteiger partial charge in [-0.05, 0) is 72.7 Å². The number of ketones is 1. The van der Waals surface area contributed by atoms with Crippen molar-refractivity contribution in [1.29, 1.82) is 0 Å². The Morgan fingerprint density at radius 2 is 1.37 bits per heavy atom. The molecule has 2 fully saturated rings. The van der Waals surface area contributed by atoms with E-state index in [0.717, 1.165) is 11.4 Å². The van der Waals surface area contributed by atoms with E-state index in [4.69, 9.17) is 11.6 Å². The number of benzene rings is 3. The number of hydrogen-bond donors (Lipinski definition) is 0. The van der Waals surface area contributed by atoms with Gasteiger partial charge in [0.25, 0.3) is 0 Å². The average Bonchev–Trinajstić information content (AvgIpc) is 3.16. The van der Waals surface area contributed by atoms with Crippen LogP contribution in [0.3, 0.4) is 0 Å². The van der Waals surface area contributed by atoms with E-state index in [1.54, 1.807) is 0 Å². The molecule has 0 N–H and O–H groups in total.